The van der Waals surface area contributed by atoms with Crippen molar-refractivity contribution >= 4 is 23.3 Å². The van der Waals surface area contributed by atoms with E-state index in [0.29, 0.717) is 5.56 Å². The smallest absolute Gasteiger partial charge is 0.338 e. The lowest BCUT2D eigenvalue weighted by Crippen LogP contribution is -2.41. The molecular formula is C21H29N3O3. The summed E-state index contributed by atoms with van der Waals surface area (Å²) in [5.41, 5.74) is 2.50. The summed E-state index contributed by atoms with van der Waals surface area (Å²) in [5.74, 6) is 0.129. The molecule has 1 saturated carbocycles. The number of hydrogen-bond acceptors (Lipinski definition) is 5. The largest absolute Gasteiger partial charge is 0.452 e. The Kier molecular flexibility index (Phi) is 6.14. The molecule has 1 amide bonds. The van der Waals surface area contributed by atoms with Gasteiger partial charge in [-0.25, -0.2) is 4.79 Å². The predicted molar refractivity (Wildman–Crippen MR) is 106 cm³/mol. The summed E-state index contributed by atoms with van der Waals surface area (Å²) in [6, 6.07) is 7.41. The highest BCUT2D eigenvalue weighted by Crippen LogP contribution is 2.26. The molecule has 3 rings (SSSR count). The molecule has 0 atom stereocenters. The van der Waals surface area contributed by atoms with Crippen LogP contribution in [0.3, 0.4) is 0 Å². The van der Waals surface area contributed by atoms with Crippen LogP contribution < -0.4 is 5.01 Å². The highest BCUT2D eigenvalue weighted by molar-refractivity contribution is 5.92. The average molecular weight is 371 g/mol. The second kappa shape index (κ2) is 8.55. The molecule has 0 aromatic heterocycles. The first-order valence-corrected chi connectivity index (χ1v) is 9.78. The molecule has 6 heteroatoms. The van der Waals surface area contributed by atoms with Gasteiger partial charge >= 0.3 is 5.97 Å². The maximum atomic E-state index is 12.3. The topological polar surface area (TPSA) is 62.2 Å². The lowest BCUT2D eigenvalue weighted by molar-refractivity contribution is -0.136. The third-order valence-electron chi connectivity index (χ3n) is 5.63. The van der Waals surface area contributed by atoms with Gasteiger partial charge in [0, 0.05) is 31.8 Å². The monoisotopic (exact) mass is 371 g/mol. The summed E-state index contributed by atoms with van der Waals surface area (Å²) in [5, 5.41) is 6.37. The van der Waals surface area contributed by atoms with Gasteiger partial charge < -0.3 is 9.64 Å². The van der Waals surface area contributed by atoms with E-state index in [1.54, 1.807) is 17.0 Å². The second-order valence-corrected chi connectivity index (χ2v) is 7.75. The molecule has 27 heavy (non-hydrogen) atoms. The van der Waals surface area contributed by atoms with Crippen molar-refractivity contribution in [2.75, 3.05) is 25.2 Å². The first-order valence-electron chi connectivity index (χ1n) is 9.78. The lowest BCUT2D eigenvalue weighted by atomic mass is 9.87. The normalized spacial score (nSPS) is 22.3. The maximum Gasteiger partial charge on any atom is 0.338 e. The Balaban J connectivity index is 1.49. The summed E-state index contributed by atoms with van der Waals surface area (Å²) in [4.78, 5) is 26.3. The van der Waals surface area contributed by atoms with E-state index in [1.807, 2.05) is 31.1 Å². The van der Waals surface area contributed by atoms with Crippen molar-refractivity contribution < 1.29 is 14.3 Å². The van der Waals surface area contributed by atoms with Crippen LogP contribution in [0, 0.1) is 5.92 Å². The van der Waals surface area contributed by atoms with E-state index in [0.717, 1.165) is 56.0 Å². The Morgan fingerprint density at radius 3 is 2.44 bits per heavy atom. The van der Waals surface area contributed by atoms with Crippen molar-refractivity contribution in [1.82, 2.24) is 4.90 Å². The van der Waals surface area contributed by atoms with Crippen LogP contribution >= 0.6 is 0 Å². The van der Waals surface area contributed by atoms with Gasteiger partial charge in [0.15, 0.2) is 6.61 Å². The molecule has 1 aromatic carbocycles. The molecule has 0 spiro atoms. The fraction of sp³-hybridized carbons (Fsp3) is 0.571. The molecule has 0 bridgehead atoms. The van der Waals surface area contributed by atoms with Crippen LogP contribution in [0.25, 0.3) is 0 Å². The van der Waals surface area contributed by atoms with Gasteiger partial charge in [0.1, 0.15) is 0 Å². The van der Waals surface area contributed by atoms with E-state index in [1.165, 1.54) is 0 Å². The number of benzene rings is 1. The van der Waals surface area contributed by atoms with E-state index >= 15 is 0 Å². The molecule has 0 unspecified atom stereocenters. The summed E-state index contributed by atoms with van der Waals surface area (Å²) < 4.78 is 5.23. The molecule has 1 aromatic rings. The van der Waals surface area contributed by atoms with E-state index < -0.39 is 5.97 Å². The molecule has 6 nitrogen and oxygen atoms in total. The number of ether oxygens (including phenoxy) is 1. The van der Waals surface area contributed by atoms with Crippen LogP contribution in [-0.4, -0.2) is 48.7 Å². The number of hydrazone groups is 1. The molecule has 0 N–H and O–H groups in total. The van der Waals surface area contributed by atoms with E-state index in [9.17, 15) is 9.59 Å². The van der Waals surface area contributed by atoms with Gasteiger partial charge in [-0.2, -0.15) is 5.10 Å². The summed E-state index contributed by atoms with van der Waals surface area (Å²) in [6.07, 6.45) is 5.30. The van der Waals surface area contributed by atoms with Gasteiger partial charge in [-0.3, -0.25) is 9.80 Å². The van der Waals surface area contributed by atoms with Gasteiger partial charge in [-0.05, 0) is 62.8 Å². The van der Waals surface area contributed by atoms with Gasteiger partial charge in [-0.1, -0.05) is 6.92 Å². The zero-order valence-corrected chi connectivity index (χ0v) is 16.5. The molecular weight excluding hydrogens is 342 g/mol. The van der Waals surface area contributed by atoms with Crippen LogP contribution in [-0.2, 0) is 9.53 Å². The first-order chi connectivity index (χ1) is 12.9. The van der Waals surface area contributed by atoms with E-state index in [4.69, 9.17) is 4.74 Å². The van der Waals surface area contributed by atoms with Crippen molar-refractivity contribution in [3.63, 3.8) is 0 Å². The number of nitrogens with zero attached hydrogens (tertiary/aromatic N) is 3. The van der Waals surface area contributed by atoms with Crippen molar-refractivity contribution in [1.29, 1.82) is 0 Å². The fourth-order valence-corrected chi connectivity index (χ4v) is 3.68. The molecule has 1 heterocycles. The van der Waals surface area contributed by atoms with Crippen LogP contribution in [0.4, 0.5) is 5.69 Å². The molecule has 1 fully saturated rings. The Labute approximate surface area is 161 Å². The first kappa shape index (κ1) is 19.4. The van der Waals surface area contributed by atoms with Crippen LogP contribution in [0.2, 0.25) is 0 Å². The molecule has 0 radical (unpaired) electrons. The minimum atomic E-state index is -0.471. The number of carbonyl (C=O) groups excluding carboxylic acids is 2. The zero-order chi connectivity index (χ0) is 19.4. The third kappa shape index (κ3) is 4.87. The molecule has 1 aliphatic heterocycles. The summed E-state index contributed by atoms with van der Waals surface area (Å²) in [6.45, 7) is 4.91. The average Bonchev–Trinajstić information content (AvgIpc) is 3.12. The third-order valence-corrected chi connectivity index (χ3v) is 5.63. The van der Waals surface area contributed by atoms with E-state index in [-0.39, 0.29) is 18.6 Å². The maximum absolute atomic E-state index is 12.3. The number of hydrogen-bond donors (Lipinski definition) is 0. The number of anilines is 1. The van der Waals surface area contributed by atoms with Gasteiger partial charge in [0.25, 0.3) is 5.91 Å². The second-order valence-electron chi connectivity index (χ2n) is 7.75. The van der Waals surface area contributed by atoms with Crippen molar-refractivity contribution in [2.45, 2.75) is 52.0 Å². The predicted octanol–water partition coefficient (Wildman–Crippen LogP) is 3.47. The highest BCUT2D eigenvalue weighted by Gasteiger charge is 2.25. The highest BCUT2D eigenvalue weighted by atomic mass is 16.5. The van der Waals surface area contributed by atoms with Crippen molar-refractivity contribution in [3.8, 4) is 0 Å². The van der Waals surface area contributed by atoms with Gasteiger partial charge in [0.2, 0.25) is 0 Å². The summed E-state index contributed by atoms with van der Waals surface area (Å²) >= 11 is 0. The molecule has 0 saturated heterocycles. The van der Waals surface area contributed by atoms with Crippen molar-refractivity contribution in [2.24, 2.45) is 11.0 Å². The number of rotatable bonds is 5. The minimum Gasteiger partial charge on any atom is -0.452 e. The Hall–Kier alpha value is -2.37. The number of amides is 1. The zero-order valence-electron chi connectivity index (χ0n) is 16.5. The van der Waals surface area contributed by atoms with Crippen LogP contribution in [0.5, 0.6) is 0 Å². The van der Waals surface area contributed by atoms with Crippen LogP contribution in [0.15, 0.2) is 29.4 Å². The quantitative estimate of drug-likeness (QED) is 0.744. The molecule has 2 aliphatic rings. The number of likely N-dealkylation sites (N-methyl/N-ethyl adjacent to an activating group) is 1. The Morgan fingerprint density at radius 1 is 1.19 bits per heavy atom. The number of esters is 1. The fourth-order valence-electron chi connectivity index (χ4n) is 3.68. The summed E-state index contributed by atoms with van der Waals surface area (Å²) in [7, 11) is 1.81. The van der Waals surface area contributed by atoms with Gasteiger partial charge in [-0.15, -0.1) is 0 Å². The van der Waals surface area contributed by atoms with Crippen molar-refractivity contribution in [3.05, 3.63) is 29.8 Å². The SMILES string of the molecule is CC1=NN(c2ccc(C(=O)OCC(=O)N(C)C3CCC(C)CC3)cc2)CC1. The molecule has 1 aliphatic carbocycles. The molecule has 146 valence electrons. The van der Waals surface area contributed by atoms with Crippen LogP contribution in [0.1, 0.15) is 56.3 Å². The van der Waals surface area contributed by atoms with Gasteiger partial charge in [0.05, 0.1) is 11.3 Å². The Bertz CT molecular complexity index is 706. The van der Waals surface area contributed by atoms with E-state index in [2.05, 4.69) is 12.0 Å². The number of carbonyl (C=O) groups is 2. The lowest BCUT2D eigenvalue weighted by Gasteiger charge is -2.33. The standard InChI is InChI=1S/C21H29N3O3/c1-15-4-8-18(9-5-15)23(3)20(25)14-27-21(26)17-6-10-19(11-7-17)24-13-12-16(2)22-24/h6-7,10-11,15,18H,4-5,8-9,12-14H2,1-3H3. The Morgan fingerprint density at radius 2 is 1.85 bits per heavy atom. The minimum absolute atomic E-state index is 0.138.